The van der Waals surface area contributed by atoms with E-state index in [1.54, 1.807) is 6.92 Å². The number of aromatic amines is 1. The molecule has 0 spiro atoms. The Morgan fingerprint density at radius 2 is 2.38 bits per heavy atom. The molecule has 1 rings (SSSR count). The molecular formula is C8H8BrNO3. The molecule has 0 saturated heterocycles. The molecule has 0 saturated carbocycles. The van der Waals surface area contributed by atoms with Crippen LogP contribution < -0.4 is 5.43 Å². The van der Waals surface area contributed by atoms with Gasteiger partial charge in [0, 0.05) is 12.3 Å². The van der Waals surface area contributed by atoms with Crippen molar-refractivity contribution < 1.29 is 9.53 Å². The molecule has 1 aromatic rings. The van der Waals surface area contributed by atoms with Crippen LogP contribution >= 0.6 is 15.9 Å². The van der Waals surface area contributed by atoms with Crippen LogP contribution in [0.25, 0.3) is 0 Å². The Hall–Kier alpha value is -1.10. The van der Waals surface area contributed by atoms with Crippen molar-refractivity contribution >= 4 is 21.9 Å². The Balaban J connectivity index is 3.08. The van der Waals surface area contributed by atoms with Gasteiger partial charge in [0.2, 0.25) is 0 Å². The maximum atomic E-state index is 11.2. The number of pyridine rings is 1. The zero-order chi connectivity index (χ0) is 9.84. The Labute approximate surface area is 83.1 Å². The lowest BCUT2D eigenvalue weighted by atomic mass is 10.3. The maximum Gasteiger partial charge on any atom is 0.356 e. The largest absolute Gasteiger partial charge is 0.461 e. The van der Waals surface area contributed by atoms with Crippen molar-refractivity contribution in [1.82, 2.24) is 4.98 Å². The third kappa shape index (κ3) is 2.18. The number of carbonyl (C=O) groups is 1. The van der Waals surface area contributed by atoms with E-state index in [0.717, 1.165) is 0 Å². The van der Waals surface area contributed by atoms with Crippen LogP contribution in [0.2, 0.25) is 0 Å². The van der Waals surface area contributed by atoms with Gasteiger partial charge < -0.3 is 9.72 Å². The highest BCUT2D eigenvalue weighted by atomic mass is 79.9. The summed E-state index contributed by atoms with van der Waals surface area (Å²) in [5.41, 5.74) is -0.101. The highest BCUT2D eigenvalue weighted by Gasteiger charge is 2.12. The summed E-state index contributed by atoms with van der Waals surface area (Å²) in [6, 6.07) is 1.33. The molecule has 1 aromatic heterocycles. The number of hydrogen-bond acceptors (Lipinski definition) is 3. The van der Waals surface area contributed by atoms with Gasteiger partial charge in [-0.1, -0.05) is 0 Å². The smallest absolute Gasteiger partial charge is 0.356 e. The van der Waals surface area contributed by atoms with Gasteiger partial charge in [-0.25, -0.2) is 4.79 Å². The van der Waals surface area contributed by atoms with E-state index in [2.05, 4.69) is 20.9 Å². The van der Waals surface area contributed by atoms with Crippen LogP contribution in [0.1, 0.15) is 17.4 Å². The summed E-state index contributed by atoms with van der Waals surface area (Å²) < 4.78 is 4.93. The molecule has 4 nitrogen and oxygen atoms in total. The van der Waals surface area contributed by atoms with Crippen LogP contribution in [0.4, 0.5) is 0 Å². The van der Waals surface area contributed by atoms with Gasteiger partial charge in [-0.15, -0.1) is 0 Å². The second-order valence-corrected chi connectivity index (χ2v) is 3.04. The number of ether oxygens (including phenoxy) is 1. The quantitative estimate of drug-likeness (QED) is 0.800. The second kappa shape index (κ2) is 4.23. The molecule has 13 heavy (non-hydrogen) atoms. The predicted octanol–water partition coefficient (Wildman–Crippen LogP) is 1.31. The van der Waals surface area contributed by atoms with Crippen LogP contribution in [0, 0.1) is 0 Å². The topological polar surface area (TPSA) is 59.2 Å². The summed E-state index contributed by atoms with van der Waals surface area (Å²) in [7, 11) is 0. The minimum absolute atomic E-state index is 0.148. The molecule has 0 bridgehead atoms. The van der Waals surface area contributed by atoms with Gasteiger partial charge in [0.05, 0.1) is 11.1 Å². The van der Waals surface area contributed by atoms with Gasteiger partial charge in [-0.3, -0.25) is 4.79 Å². The summed E-state index contributed by atoms with van der Waals surface area (Å²) in [6.45, 7) is 1.98. The van der Waals surface area contributed by atoms with Gasteiger partial charge in [0.1, 0.15) is 5.69 Å². The van der Waals surface area contributed by atoms with Crippen molar-refractivity contribution in [3.8, 4) is 0 Å². The minimum Gasteiger partial charge on any atom is -0.461 e. The molecule has 0 aliphatic heterocycles. The van der Waals surface area contributed by atoms with E-state index in [1.165, 1.54) is 12.3 Å². The Morgan fingerprint density at radius 1 is 1.69 bits per heavy atom. The molecule has 0 radical (unpaired) electrons. The number of nitrogens with one attached hydrogen (secondary N) is 1. The van der Waals surface area contributed by atoms with Gasteiger partial charge in [-0.05, 0) is 22.9 Å². The maximum absolute atomic E-state index is 11.2. The molecule has 0 aliphatic carbocycles. The lowest BCUT2D eigenvalue weighted by molar-refractivity contribution is 0.0518. The summed E-state index contributed by atoms with van der Waals surface area (Å²) >= 11 is 3.01. The second-order valence-electron chi connectivity index (χ2n) is 2.25. The van der Waals surface area contributed by atoms with E-state index in [1.807, 2.05) is 0 Å². The minimum atomic E-state index is -0.535. The lowest BCUT2D eigenvalue weighted by Crippen LogP contribution is -2.13. The van der Waals surface area contributed by atoms with Crippen molar-refractivity contribution in [3.63, 3.8) is 0 Å². The number of rotatable bonds is 2. The first kappa shape index (κ1) is 9.98. The average molecular weight is 246 g/mol. The number of H-pyrrole nitrogens is 1. The monoisotopic (exact) mass is 245 g/mol. The van der Waals surface area contributed by atoms with Gasteiger partial charge >= 0.3 is 5.97 Å². The molecule has 0 aliphatic rings. The summed E-state index contributed by atoms with van der Waals surface area (Å²) in [6.07, 6.45) is 1.40. The van der Waals surface area contributed by atoms with Crippen molar-refractivity contribution in [2.45, 2.75) is 6.92 Å². The molecule has 5 heteroatoms. The van der Waals surface area contributed by atoms with Crippen molar-refractivity contribution in [3.05, 3.63) is 32.7 Å². The van der Waals surface area contributed by atoms with Crippen LogP contribution in [-0.4, -0.2) is 17.6 Å². The molecule has 0 fully saturated rings. The van der Waals surface area contributed by atoms with E-state index in [-0.39, 0.29) is 22.2 Å². The van der Waals surface area contributed by atoms with E-state index >= 15 is 0 Å². The summed E-state index contributed by atoms with van der Waals surface area (Å²) in [4.78, 5) is 24.9. The predicted molar refractivity (Wildman–Crippen MR) is 50.7 cm³/mol. The molecule has 1 heterocycles. The van der Waals surface area contributed by atoms with Gasteiger partial charge in [-0.2, -0.15) is 0 Å². The Morgan fingerprint density at radius 3 is 3.00 bits per heavy atom. The molecule has 0 atom stereocenters. The number of carbonyl (C=O) groups excluding carboxylic acids is 1. The zero-order valence-corrected chi connectivity index (χ0v) is 8.55. The third-order valence-corrected chi connectivity index (χ3v) is 2.17. The van der Waals surface area contributed by atoms with E-state index in [4.69, 9.17) is 4.74 Å². The normalized spacial score (nSPS) is 9.69. The van der Waals surface area contributed by atoms with Crippen molar-refractivity contribution in [2.75, 3.05) is 6.61 Å². The van der Waals surface area contributed by atoms with Crippen LogP contribution in [0.15, 0.2) is 21.5 Å². The summed E-state index contributed by atoms with van der Waals surface area (Å²) in [5, 5.41) is 0. The molecule has 1 N–H and O–H groups in total. The van der Waals surface area contributed by atoms with E-state index in [0.29, 0.717) is 0 Å². The highest BCUT2D eigenvalue weighted by Crippen LogP contribution is 2.09. The SMILES string of the molecule is CCOC(=O)c1[nH]ccc(=O)c1Br. The van der Waals surface area contributed by atoms with Crippen LogP contribution in [-0.2, 0) is 4.74 Å². The Kier molecular flexibility index (Phi) is 3.25. The van der Waals surface area contributed by atoms with Crippen LogP contribution in [0.3, 0.4) is 0 Å². The number of esters is 1. The summed E-state index contributed by atoms with van der Waals surface area (Å²) in [5.74, 6) is -0.535. The highest BCUT2D eigenvalue weighted by molar-refractivity contribution is 9.10. The molecule has 70 valence electrons. The zero-order valence-electron chi connectivity index (χ0n) is 6.96. The first-order valence-electron chi connectivity index (χ1n) is 3.71. The fraction of sp³-hybridized carbons (Fsp3) is 0.250. The van der Waals surface area contributed by atoms with Gasteiger partial charge in [0.25, 0.3) is 0 Å². The number of aromatic nitrogens is 1. The first-order valence-corrected chi connectivity index (χ1v) is 4.50. The lowest BCUT2D eigenvalue weighted by Gasteiger charge is -2.02. The van der Waals surface area contributed by atoms with E-state index in [9.17, 15) is 9.59 Å². The first-order chi connectivity index (χ1) is 6.16. The average Bonchev–Trinajstić information content (AvgIpc) is 2.10. The van der Waals surface area contributed by atoms with E-state index < -0.39 is 5.97 Å². The molecule has 0 aromatic carbocycles. The standard InChI is InChI=1S/C8H8BrNO3/c1-2-13-8(12)7-6(9)5(11)3-4-10-7/h3-4H,2H2,1H3,(H,10,11). The third-order valence-electron chi connectivity index (χ3n) is 1.38. The fourth-order valence-electron chi connectivity index (χ4n) is 0.812. The molecular weight excluding hydrogens is 238 g/mol. The van der Waals surface area contributed by atoms with Gasteiger partial charge in [0.15, 0.2) is 5.43 Å². The van der Waals surface area contributed by atoms with Crippen molar-refractivity contribution in [2.24, 2.45) is 0 Å². The number of hydrogen-bond donors (Lipinski definition) is 1. The molecule has 0 unspecified atom stereocenters. The fourth-order valence-corrected chi connectivity index (χ4v) is 1.22. The Bertz CT molecular complexity index is 372. The van der Waals surface area contributed by atoms with Crippen molar-refractivity contribution in [1.29, 1.82) is 0 Å². The molecule has 0 amide bonds. The van der Waals surface area contributed by atoms with Crippen LogP contribution in [0.5, 0.6) is 0 Å². The number of halogens is 1.